The average molecular weight is 265 g/mol. The maximum absolute atomic E-state index is 13.6. The third-order valence-electron chi connectivity index (χ3n) is 3.07. The first-order valence-corrected chi connectivity index (χ1v) is 6.22. The van der Waals surface area contributed by atoms with Crippen LogP contribution in [0.3, 0.4) is 0 Å². The van der Waals surface area contributed by atoms with Crippen molar-refractivity contribution in [3.05, 3.63) is 53.4 Å². The zero-order valence-corrected chi connectivity index (χ0v) is 11.0. The van der Waals surface area contributed by atoms with Gasteiger partial charge in [0.05, 0.1) is 6.20 Å². The summed E-state index contributed by atoms with van der Waals surface area (Å²) in [4.78, 5) is 0. The molecule has 0 fully saturated rings. The van der Waals surface area contributed by atoms with Crippen molar-refractivity contribution < 1.29 is 8.78 Å². The summed E-state index contributed by atoms with van der Waals surface area (Å²) in [5.41, 5.74) is 1.47. The highest BCUT2D eigenvalue weighted by molar-refractivity contribution is 5.22. The third kappa shape index (κ3) is 3.38. The predicted octanol–water partition coefficient (Wildman–Crippen LogP) is 2.59. The smallest absolute Gasteiger partial charge is 0.163 e. The highest BCUT2D eigenvalue weighted by Gasteiger charge is 2.13. The minimum atomic E-state index is -0.807. The molecule has 0 saturated carbocycles. The second-order valence-electron chi connectivity index (χ2n) is 4.59. The van der Waals surface area contributed by atoms with E-state index in [-0.39, 0.29) is 6.04 Å². The van der Waals surface area contributed by atoms with Crippen LogP contribution in [0.15, 0.2) is 30.6 Å². The van der Waals surface area contributed by atoms with Crippen molar-refractivity contribution >= 4 is 0 Å². The molecule has 2 rings (SSSR count). The largest absolute Gasteiger partial charge is 0.310 e. The molecule has 1 atom stereocenters. The molecule has 0 spiro atoms. The van der Waals surface area contributed by atoms with Crippen molar-refractivity contribution in [1.82, 2.24) is 15.1 Å². The van der Waals surface area contributed by atoms with Crippen LogP contribution in [0.2, 0.25) is 0 Å². The van der Waals surface area contributed by atoms with Gasteiger partial charge in [-0.2, -0.15) is 5.10 Å². The maximum atomic E-state index is 13.6. The third-order valence-corrected chi connectivity index (χ3v) is 3.07. The average Bonchev–Trinajstić information content (AvgIpc) is 2.78. The number of halogens is 2. The minimum Gasteiger partial charge on any atom is -0.310 e. The standard InChI is InChI=1S/C14H17F2N3/c1-10(12-4-3-5-13(15)14(12)16)17-7-6-11-8-18-19(2)9-11/h3-5,8-10,17H,6-7H2,1-2H3. The van der Waals surface area contributed by atoms with Crippen LogP contribution in [0.25, 0.3) is 0 Å². The van der Waals surface area contributed by atoms with Crippen molar-refractivity contribution in [1.29, 1.82) is 0 Å². The lowest BCUT2D eigenvalue weighted by molar-refractivity contribution is 0.474. The number of nitrogens with zero attached hydrogens (tertiary/aromatic N) is 2. The quantitative estimate of drug-likeness (QED) is 0.900. The minimum absolute atomic E-state index is 0.229. The van der Waals surface area contributed by atoms with Gasteiger partial charge >= 0.3 is 0 Å². The van der Waals surface area contributed by atoms with Crippen LogP contribution in [0.1, 0.15) is 24.1 Å². The second kappa shape index (κ2) is 5.93. The molecule has 19 heavy (non-hydrogen) atoms. The molecular weight excluding hydrogens is 248 g/mol. The van der Waals surface area contributed by atoms with E-state index in [2.05, 4.69) is 10.4 Å². The molecule has 0 amide bonds. The number of hydrogen-bond acceptors (Lipinski definition) is 2. The zero-order chi connectivity index (χ0) is 13.8. The van der Waals surface area contributed by atoms with E-state index in [1.54, 1.807) is 16.9 Å². The van der Waals surface area contributed by atoms with Gasteiger partial charge in [0.15, 0.2) is 11.6 Å². The fourth-order valence-electron chi connectivity index (χ4n) is 2.00. The van der Waals surface area contributed by atoms with Crippen LogP contribution in [-0.4, -0.2) is 16.3 Å². The Bertz CT molecular complexity index is 551. The lowest BCUT2D eigenvalue weighted by Gasteiger charge is -2.14. The first-order chi connectivity index (χ1) is 9.08. The van der Waals surface area contributed by atoms with Gasteiger partial charge < -0.3 is 5.32 Å². The van der Waals surface area contributed by atoms with Gasteiger partial charge in [-0.3, -0.25) is 4.68 Å². The van der Waals surface area contributed by atoms with Crippen LogP contribution in [0, 0.1) is 11.6 Å². The second-order valence-corrected chi connectivity index (χ2v) is 4.59. The molecule has 5 heteroatoms. The Balaban J connectivity index is 1.90. The van der Waals surface area contributed by atoms with Crippen LogP contribution in [0.5, 0.6) is 0 Å². The van der Waals surface area contributed by atoms with E-state index in [0.717, 1.165) is 18.1 Å². The molecule has 2 aromatic rings. The Morgan fingerprint density at radius 2 is 2.16 bits per heavy atom. The SMILES string of the molecule is CC(NCCc1cnn(C)c1)c1cccc(F)c1F. The molecule has 0 saturated heterocycles. The summed E-state index contributed by atoms with van der Waals surface area (Å²) in [5.74, 6) is -1.58. The summed E-state index contributed by atoms with van der Waals surface area (Å²) < 4.78 is 28.4. The van der Waals surface area contributed by atoms with Gasteiger partial charge in [0.2, 0.25) is 0 Å². The van der Waals surface area contributed by atoms with Crippen molar-refractivity contribution in [3.63, 3.8) is 0 Å². The monoisotopic (exact) mass is 265 g/mol. The molecular formula is C14H17F2N3. The molecule has 1 N–H and O–H groups in total. The summed E-state index contributed by atoms with van der Waals surface area (Å²) in [5, 5.41) is 7.26. The van der Waals surface area contributed by atoms with Crippen LogP contribution >= 0.6 is 0 Å². The molecule has 1 aromatic carbocycles. The van der Waals surface area contributed by atoms with E-state index >= 15 is 0 Å². The Labute approximate surface area is 111 Å². The number of hydrogen-bond donors (Lipinski definition) is 1. The molecule has 0 aliphatic carbocycles. The molecule has 0 aliphatic rings. The first kappa shape index (κ1) is 13.7. The van der Waals surface area contributed by atoms with Gasteiger partial charge in [0.1, 0.15) is 0 Å². The van der Waals surface area contributed by atoms with Crippen molar-refractivity contribution in [2.45, 2.75) is 19.4 Å². The fourth-order valence-corrected chi connectivity index (χ4v) is 2.00. The zero-order valence-electron chi connectivity index (χ0n) is 11.0. The van der Waals surface area contributed by atoms with Crippen molar-refractivity contribution in [2.24, 2.45) is 7.05 Å². The number of rotatable bonds is 5. The predicted molar refractivity (Wildman–Crippen MR) is 69.7 cm³/mol. The van der Waals surface area contributed by atoms with E-state index in [0.29, 0.717) is 12.1 Å². The molecule has 0 bridgehead atoms. The topological polar surface area (TPSA) is 29.9 Å². The fraction of sp³-hybridized carbons (Fsp3) is 0.357. The van der Waals surface area contributed by atoms with E-state index in [4.69, 9.17) is 0 Å². The van der Waals surface area contributed by atoms with E-state index in [9.17, 15) is 8.78 Å². The number of aryl methyl sites for hydroxylation is 1. The normalized spacial score (nSPS) is 12.6. The highest BCUT2D eigenvalue weighted by Crippen LogP contribution is 2.18. The van der Waals surface area contributed by atoms with Gasteiger partial charge in [-0.1, -0.05) is 12.1 Å². The molecule has 102 valence electrons. The maximum Gasteiger partial charge on any atom is 0.163 e. The molecule has 1 aromatic heterocycles. The Morgan fingerprint density at radius 1 is 1.37 bits per heavy atom. The van der Waals surface area contributed by atoms with Gasteiger partial charge in [-0.05, 0) is 31.5 Å². The van der Waals surface area contributed by atoms with E-state index in [1.807, 2.05) is 20.2 Å². The van der Waals surface area contributed by atoms with Crippen molar-refractivity contribution in [3.8, 4) is 0 Å². The molecule has 1 heterocycles. The van der Waals surface area contributed by atoms with Crippen LogP contribution < -0.4 is 5.32 Å². The number of aromatic nitrogens is 2. The molecule has 3 nitrogen and oxygen atoms in total. The van der Waals surface area contributed by atoms with Crippen LogP contribution in [-0.2, 0) is 13.5 Å². The first-order valence-electron chi connectivity index (χ1n) is 6.22. The van der Waals surface area contributed by atoms with Gasteiger partial charge in [-0.15, -0.1) is 0 Å². The van der Waals surface area contributed by atoms with Gasteiger partial charge in [0.25, 0.3) is 0 Å². The summed E-state index contributed by atoms with van der Waals surface area (Å²) in [7, 11) is 1.86. The summed E-state index contributed by atoms with van der Waals surface area (Å²) in [6, 6.07) is 4.02. The summed E-state index contributed by atoms with van der Waals surface area (Å²) >= 11 is 0. The molecule has 0 radical (unpaired) electrons. The molecule has 0 aliphatic heterocycles. The molecule has 1 unspecified atom stereocenters. The lowest BCUT2D eigenvalue weighted by atomic mass is 10.1. The van der Waals surface area contributed by atoms with Crippen molar-refractivity contribution in [2.75, 3.05) is 6.54 Å². The Kier molecular flexibility index (Phi) is 4.27. The van der Waals surface area contributed by atoms with E-state index in [1.165, 1.54) is 6.07 Å². The Hall–Kier alpha value is -1.75. The number of nitrogens with one attached hydrogen (secondary N) is 1. The van der Waals surface area contributed by atoms with Gasteiger partial charge in [-0.25, -0.2) is 8.78 Å². The highest BCUT2D eigenvalue weighted by atomic mass is 19.2. The summed E-state index contributed by atoms with van der Waals surface area (Å²) in [6.07, 6.45) is 4.54. The van der Waals surface area contributed by atoms with Gasteiger partial charge in [0, 0.05) is 24.8 Å². The lowest BCUT2D eigenvalue weighted by Crippen LogP contribution is -2.22. The van der Waals surface area contributed by atoms with Crippen LogP contribution in [0.4, 0.5) is 8.78 Å². The number of benzene rings is 1. The Morgan fingerprint density at radius 3 is 2.84 bits per heavy atom. The van der Waals surface area contributed by atoms with E-state index < -0.39 is 11.6 Å². The summed E-state index contributed by atoms with van der Waals surface area (Å²) in [6.45, 7) is 2.50.